The minimum atomic E-state index is -3.86. The average Bonchev–Trinajstić information content (AvgIpc) is 3.62. The molecule has 0 aliphatic heterocycles. The summed E-state index contributed by atoms with van der Waals surface area (Å²) in [6.07, 6.45) is 5.22. The van der Waals surface area contributed by atoms with Gasteiger partial charge in [0.25, 0.3) is 10.0 Å². The Bertz CT molecular complexity index is 1490. The van der Waals surface area contributed by atoms with E-state index in [2.05, 4.69) is 20.0 Å². The molecule has 1 amide bonds. The maximum absolute atomic E-state index is 13.0. The molecule has 2 aromatic heterocycles. The van der Waals surface area contributed by atoms with Gasteiger partial charge in [-0.25, -0.2) is 17.8 Å². The van der Waals surface area contributed by atoms with Gasteiger partial charge in [-0.1, -0.05) is 18.2 Å². The summed E-state index contributed by atoms with van der Waals surface area (Å²) in [6.45, 7) is 1.98. The van der Waals surface area contributed by atoms with Crippen molar-refractivity contribution < 1.29 is 17.6 Å². The lowest BCUT2D eigenvalue weighted by atomic mass is 10.1. The molecule has 2 N–H and O–H groups in total. The molecule has 1 saturated carbocycles. The van der Waals surface area contributed by atoms with Gasteiger partial charge in [-0.05, 0) is 72.2 Å². The predicted octanol–water partition coefficient (Wildman–Crippen LogP) is 4.62. The molecule has 5 rings (SSSR count). The third kappa shape index (κ3) is 4.47. The number of nitrogens with zero attached hydrogens (tertiary/aromatic N) is 2. The molecule has 0 saturated heterocycles. The molecule has 1 aliphatic rings. The number of anilines is 2. The summed E-state index contributed by atoms with van der Waals surface area (Å²) in [5, 5.41) is 5.05. The predicted molar refractivity (Wildman–Crippen MR) is 127 cm³/mol. The van der Waals surface area contributed by atoms with Gasteiger partial charge in [0.1, 0.15) is 11.6 Å². The number of aromatic nitrogens is 2. The molecule has 1 aliphatic carbocycles. The van der Waals surface area contributed by atoms with Crippen LogP contribution in [0.5, 0.6) is 0 Å². The van der Waals surface area contributed by atoms with Gasteiger partial charge in [-0.2, -0.15) is 0 Å². The Labute approximate surface area is 196 Å². The van der Waals surface area contributed by atoms with Crippen LogP contribution in [0.15, 0.2) is 78.1 Å². The van der Waals surface area contributed by atoms with E-state index in [1.54, 1.807) is 24.5 Å². The maximum Gasteiger partial charge on any atom is 0.263 e. The first-order valence-corrected chi connectivity index (χ1v) is 12.2. The van der Waals surface area contributed by atoms with E-state index in [1.165, 1.54) is 18.2 Å². The number of pyridine rings is 2. The smallest absolute Gasteiger partial charge is 0.263 e. The highest BCUT2D eigenvalue weighted by Crippen LogP contribution is 2.48. The number of carbonyl (C=O) groups excluding carboxylic acids is 1. The van der Waals surface area contributed by atoms with Gasteiger partial charge < -0.3 is 5.32 Å². The zero-order chi connectivity index (χ0) is 23.9. The number of fused-ring (bicyclic) bond motifs is 1. The monoisotopic (exact) mass is 476 g/mol. The number of amides is 1. The molecule has 4 aromatic rings. The van der Waals surface area contributed by atoms with Crippen molar-refractivity contribution in [2.45, 2.75) is 24.2 Å². The Morgan fingerprint density at radius 2 is 1.82 bits per heavy atom. The number of sulfonamides is 1. The highest BCUT2D eigenvalue weighted by atomic mass is 32.2. The molecule has 34 heavy (non-hydrogen) atoms. The number of carbonyl (C=O) groups is 1. The van der Waals surface area contributed by atoms with Crippen molar-refractivity contribution in [1.29, 1.82) is 0 Å². The van der Waals surface area contributed by atoms with E-state index in [0.29, 0.717) is 6.42 Å². The second kappa shape index (κ2) is 8.49. The van der Waals surface area contributed by atoms with Gasteiger partial charge in [-0.15, -0.1) is 0 Å². The number of nitrogens with one attached hydrogen (secondary N) is 2. The summed E-state index contributed by atoms with van der Waals surface area (Å²) in [4.78, 5) is 20.7. The van der Waals surface area contributed by atoms with Crippen LogP contribution in [0.2, 0.25) is 0 Å². The minimum absolute atomic E-state index is 0.0320. The van der Waals surface area contributed by atoms with Gasteiger partial charge in [-0.3, -0.25) is 14.5 Å². The Morgan fingerprint density at radius 1 is 1.03 bits per heavy atom. The third-order valence-electron chi connectivity index (χ3n) is 5.94. The SMILES string of the molecule is Cc1cncc2ccc(NC(=O)[C@@H]3CC3c3ccc(S(=O)(=O)Nc4ccc(F)cn4)cc3)cc12. The van der Waals surface area contributed by atoms with Gasteiger partial charge in [0.15, 0.2) is 0 Å². The number of aryl methyl sites for hydroxylation is 1. The Hall–Kier alpha value is -3.85. The van der Waals surface area contributed by atoms with Gasteiger partial charge in [0.2, 0.25) is 5.91 Å². The molecule has 0 radical (unpaired) electrons. The Balaban J connectivity index is 1.24. The average molecular weight is 477 g/mol. The second-order valence-electron chi connectivity index (χ2n) is 8.37. The largest absolute Gasteiger partial charge is 0.326 e. The normalized spacial score (nSPS) is 17.4. The lowest BCUT2D eigenvalue weighted by Crippen LogP contribution is -2.15. The summed E-state index contributed by atoms with van der Waals surface area (Å²) in [6, 6.07) is 14.6. The number of benzene rings is 2. The summed E-state index contributed by atoms with van der Waals surface area (Å²) < 4.78 is 40.4. The first-order valence-electron chi connectivity index (χ1n) is 10.7. The van der Waals surface area contributed by atoms with Crippen molar-refractivity contribution in [1.82, 2.24) is 9.97 Å². The zero-order valence-corrected chi connectivity index (χ0v) is 19.0. The van der Waals surface area contributed by atoms with Gasteiger partial charge in [0, 0.05) is 29.4 Å². The van der Waals surface area contributed by atoms with E-state index >= 15 is 0 Å². The molecule has 2 atom stereocenters. The second-order valence-corrected chi connectivity index (χ2v) is 10.0. The molecule has 1 unspecified atom stereocenters. The van der Waals surface area contributed by atoms with Crippen LogP contribution in [-0.2, 0) is 14.8 Å². The fraction of sp³-hybridized carbons (Fsp3) is 0.160. The fourth-order valence-corrected chi connectivity index (χ4v) is 5.01. The van der Waals surface area contributed by atoms with Crippen LogP contribution < -0.4 is 10.0 Å². The molecule has 7 nitrogen and oxygen atoms in total. The van der Waals surface area contributed by atoms with E-state index in [0.717, 1.165) is 39.8 Å². The van der Waals surface area contributed by atoms with E-state index in [1.807, 2.05) is 25.1 Å². The lowest BCUT2D eigenvalue weighted by molar-refractivity contribution is -0.117. The van der Waals surface area contributed by atoms with E-state index in [9.17, 15) is 17.6 Å². The van der Waals surface area contributed by atoms with Gasteiger partial charge >= 0.3 is 0 Å². The third-order valence-corrected chi connectivity index (χ3v) is 7.31. The number of rotatable bonds is 6. The summed E-state index contributed by atoms with van der Waals surface area (Å²) in [5.74, 6) is -0.710. The summed E-state index contributed by atoms with van der Waals surface area (Å²) >= 11 is 0. The number of hydrogen-bond acceptors (Lipinski definition) is 5. The fourth-order valence-electron chi connectivity index (χ4n) is 4.00. The quantitative estimate of drug-likeness (QED) is 0.423. The van der Waals surface area contributed by atoms with Crippen LogP contribution in [-0.4, -0.2) is 24.3 Å². The van der Waals surface area contributed by atoms with E-state index in [4.69, 9.17) is 0 Å². The lowest BCUT2D eigenvalue weighted by Gasteiger charge is -2.09. The first-order chi connectivity index (χ1) is 16.3. The molecule has 2 aromatic carbocycles. The van der Waals surface area contributed by atoms with E-state index < -0.39 is 15.8 Å². The van der Waals surface area contributed by atoms with Crippen LogP contribution in [0, 0.1) is 18.7 Å². The van der Waals surface area contributed by atoms with Crippen LogP contribution in [0.25, 0.3) is 10.8 Å². The molecule has 9 heteroatoms. The minimum Gasteiger partial charge on any atom is -0.326 e. The van der Waals surface area contributed by atoms with Crippen LogP contribution >= 0.6 is 0 Å². The van der Waals surface area contributed by atoms with Crippen LogP contribution in [0.4, 0.5) is 15.9 Å². The zero-order valence-electron chi connectivity index (χ0n) is 18.2. The topological polar surface area (TPSA) is 101 Å². The van der Waals surface area contributed by atoms with Crippen molar-refractivity contribution in [3.05, 3.63) is 90.1 Å². The molecule has 0 bridgehead atoms. The standard InChI is InChI=1S/C25H21FN4O3S/c1-15-12-27-13-17-2-6-19(10-21(15)17)29-25(31)23-11-22(23)16-3-7-20(8-4-16)34(32,33)30-24-9-5-18(26)14-28-24/h2-10,12-14,22-23H,11H2,1H3,(H,28,30)(H,29,31)/t22?,23-/m1/s1. The maximum atomic E-state index is 13.0. The molecular formula is C25H21FN4O3S. The number of halogens is 1. The van der Waals surface area contributed by atoms with Crippen molar-refractivity contribution in [3.63, 3.8) is 0 Å². The van der Waals surface area contributed by atoms with Crippen LogP contribution in [0.3, 0.4) is 0 Å². The molecule has 2 heterocycles. The van der Waals surface area contributed by atoms with Gasteiger partial charge in [0.05, 0.1) is 11.1 Å². The Kier molecular flexibility index (Phi) is 5.49. The first kappa shape index (κ1) is 22.0. The van der Waals surface area contributed by atoms with Crippen molar-refractivity contribution in [2.75, 3.05) is 10.0 Å². The molecule has 0 spiro atoms. The number of hydrogen-bond donors (Lipinski definition) is 2. The summed E-state index contributed by atoms with van der Waals surface area (Å²) in [5.41, 5.74) is 2.68. The highest BCUT2D eigenvalue weighted by molar-refractivity contribution is 7.92. The molecule has 1 fully saturated rings. The Morgan fingerprint density at radius 3 is 2.56 bits per heavy atom. The molecular weight excluding hydrogens is 455 g/mol. The van der Waals surface area contributed by atoms with Crippen LogP contribution in [0.1, 0.15) is 23.5 Å². The van der Waals surface area contributed by atoms with Crippen molar-refractivity contribution in [2.24, 2.45) is 5.92 Å². The highest BCUT2D eigenvalue weighted by Gasteiger charge is 2.44. The molecule has 172 valence electrons. The van der Waals surface area contributed by atoms with E-state index in [-0.39, 0.29) is 28.5 Å². The summed E-state index contributed by atoms with van der Waals surface area (Å²) in [7, 11) is -3.86. The van der Waals surface area contributed by atoms with Crippen molar-refractivity contribution >= 4 is 38.2 Å². The van der Waals surface area contributed by atoms with Crippen molar-refractivity contribution in [3.8, 4) is 0 Å².